The molecule has 150 valence electrons. The average molecular weight is 457 g/mol. The summed E-state index contributed by atoms with van der Waals surface area (Å²) in [6.07, 6.45) is 1.54. The molecule has 1 N–H and O–H groups in total. The van der Waals surface area contributed by atoms with Crippen LogP contribution in [0.3, 0.4) is 0 Å². The fraction of sp³-hybridized carbons (Fsp3) is 0.238. The molecule has 3 aromatic rings. The lowest BCUT2D eigenvalue weighted by molar-refractivity contribution is -0.133. The van der Waals surface area contributed by atoms with Crippen LogP contribution in [0.25, 0.3) is 10.9 Å². The molecule has 0 fully saturated rings. The number of amides is 2. The van der Waals surface area contributed by atoms with Crippen molar-refractivity contribution in [3.8, 4) is 0 Å². The minimum Gasteiger partial charge on any atom is -0.336 e. The van der Waals surface area contributed by atoms with Crippen LogP contribution in [-0.4, -0.2) is 39.9 Å². The second-order valence-electron chi connectivity index (χ2n) is 6.77. The molecule has 2 amide bonds. The van der Waals surface area contributed by atoms with E-state index in [9.17, 15) is 14.4 Å². The predicted octanol–water partition coefficient (Wildman–Crippen LogP) is 2.95. The molecule has 0 atom stereocenters. The number of nitrogens with one attached hydrogen (secondary N) is 1. The summed E-state index contributed by atoms with van der Waals surface area (Å²) in [6.45, 7) is 2.02. The molecule has 0 radical (unpaired) electrons. The molecule has 2 aromatic carbocycles. The first-order chi connectivity index (χ1) is 13.8. The SMILES string of the molecule is Cc1cc(Br)ccc1NC(=O)CN(C)C(=O)CCn1cnc2ccccc2c1=O. The first-order valence-corrected chi connectivity index (χ1v) is 9.88. The molecular formula is C21H21BrN4O3. The van der Waals surface area contributed by atoms with Gasteiger partial charge in [0.15, 0.2) is 0 Å². The van der Waals surface area contributed by atoms with Crippen molar-refractivity contribution in [1.82, 2.24) is 14.5 Å². The topological polar surface area (TPSA) is 84.3 Å². The van der Waals surface area contributed by atoms with Gasteiger partial charge in [-0.05, 0) is 42.8 Å². The zero-order chi connectivity index (χ0) is 21.0. The second kappa shape index (κ2) is 9.00. The van der Waals surface area contributed by atoms with Crippen LogP contribution in [-0.2, 0) is 16.1 Å². The Labute approximate surface area is 176 Å². The number of anilines is 1. The molecule has 0 spiro atoms. The van der Waals surface area contributed by atoms with Gasteiger partial charge in [-0.15, -0.1) is 0 Å². The molecule has 3 rings (SSSR count). The summed E-state index contributed by atoms with van der Waals surface area (Å²) >= 11 is 3.38. The van der Waals surface area contributed by atoms with Gasteiger partial charge in [0.2, 0.25) is 11.8 Å². The molecule has 0 saturated heterocycles. The van der Waals surface area contributed by atoms with Gasteiger partial charge in [0.25, 0.3) is 5.56 Å². The van der Waals surface area contributed by atoms with E-state index in [4.69, 9.17) is 0 Å². The van der Waals surface area contributed by atoms with Crippen molar-refractivity contribution >= 4 is 44.3 Å². The normalized spacial score (nSPS) is 10.7. The monoisotopic (exact) mass is 456 g/mol. The van der Waals surface area contributed by atoms with E-state index in [2.05, 4.69) is 26.2 Å². The minimum atomic E-state index is -0.282. The molecular weight excluding hydrogens is 436 g/mol. The standard InChI is InChI=1S/C21H21BrN4O3/c1-14-11-15(22)7-8-17(14)24-19(27)12-25(2)20(28)9-10-26-13-23-18-6-4-3-5-16(18)21(26)29/h3-8,11,13H,9-10,12H2,1-2H3,(H,24,27). The smallest absolute Gasteiger partial charge is 0.261 e. The first kappa shape index (κ1) is 20.7. The maximum Gasteiger partial charge on any atom is 0.261 e. The summed E-state index contributed by atoms with van der Waals surface area (Å²) in [5.74, 6) is -0.511. The lowest BCUT2D eigenvalue weighted by atomic mass is 10.2. The van der Waals surface area contributed by atoms with Crippen LogP contribution in [0.2, 0.25) is 0 Å². The number of aromatic nitrogens is 2. The Balaban J connectivity index is 1.57. The van der Waals surface area contributed by atoms with Crippen molar-refractivity contribution in [2.24, 2.45) is 0 Å². The van der Waals surface area contributed by atoms with Crippen LogP contribution in [0.4, 0.5) is 5.69 Å². The summed E-state index contributed by atoms with van der Waals surface area (Å²) < 4.78 is 2.35. The summed E-state index contributed by atoms with van der Waals surface area (Å²) in [6, 6.07) is 12.6. The average Bonchev–Trinajstić information content (AvgIpc) is 2.69. The molecule has 29 heavy (non-hydrogen) atoms. The number of nitrogens with zero attached hydrogens (tertiary/aromatic N) is 3. The summed E-state index contributed by atoms with van der Waals surface area (Å²) in [5.41, 5.74) is 2.06. The molecule has 7 nitrogen and oxygen atoms in total. The quantitative estimate of drug-likeness (QED) is 0.617. The van der Waals surface area contributed by atoms with E-state index in [0.29, 0.717) is 16.6 Å². The highest BCUT2D eigenvalue weighted by molar-refractivity contribution is 9.10. The Bertz CT molecular complexity index is 1130. The van der Waals surface area contributed by atoms with Crippen molar-refractivity contribution in [2.75, 3.05) is 18.9 Å². The van der Waals surface area contributed by atoms with Crippen LogP contribution in [0.15, 0.2) is 58.1 Å². The van der Waals surface area contributed by atoms with E-state index in [0.717, 1.165) is 10.0 Å². The fourth-order valence-electron chi connectivity index (χ4n) is 2.93. The van der Waals surface area contributed by atoms with E-state index in [1.165, 1.54) is 15.8 Å². The number of rotatable bonds is 6. The molecule has 1 heterocycles. The van der Waals surface area contributed by atoms with Gasteiger partial charge in [-0.25, -0.2) is 4.98 Å². The van der Waals surface area contributed by atoms with Crippen molar-refractivity contribution < 1.29 is 9.59 Å². The molecule has 0 aliphatic heterocycles. The third-order valence-corrected chi connectivity index (χ3v) is 5.06. The molecule has 0 bridgehead atoms. The highest BCUT2D eigenvalue weighted by Gasteiger charge is 2.14. The number of para-hydroxylation sites is 1. The van der Waals surface area contributed by atoms with Gasteiger partial charge >= 0.3 is 0 Å². The number of carbonyl (C=O) groups is 2. The maximum atomic E-state index is 12.5. The van der Waals surface area contributed by atoms with Crippen molar-refractivity contribution in [3.63, 3.8) is 0 Å². The number of aryl methyl sites for hydroxylation is 2. The number of carbonyl (C=O) groups excluding carboxylic acids is 2. The summed E-state index contributed by atoms with van der Waals surface area (Å²) in [5, 5.41) is 3.32. The zero-order valence-corrected chi connectivity index (χ0v) is 17.8. The Morgan fingerprint density at radius 3 is 2.72 bits per heavy atom. The van der Waals surface area contributed by atoms with Crippen molar-refractivity contribution in [3.05, 3.63) is 69.2 Å². The fourth-order valence-corrected chi connectivity index (χ4v) is 3.41. The maximum absolute atomic E-state index is 12.5. The van der Waals surface area contributed by atoms with Gasteiger partial charge in [-0.3, -0.25) is 19.0 Å². The number of halogens is 1. The van der Waals surface area contributed by atoms with Gasteiger partial charge in [0.1, 0.15) is 0 Å². The van der Waals surface area contributed by atoms with E-state index in [-0.39, 0.29) is 36.9 Å². The predicted molar refractivity (Wildman–Crippen MR) is 116 cm³/mol. The third kappa shape index (κ3) is 5.08. The van der Waals surface area contributed by atoms with Crippen LogP contribution < -0.4 is 10.9 Å². The number of benzene rings is 2. The van der Waals surface area contributed by atoms with Gasteiger partial charge in [0.05, 0.1) is 23.8 Å². The molecule has 0 unspecified atom stereocenters. The Morgan fingerprint density at radius 2 is 1.97 bits per heavy atom. The van der Waals surface area contributed by atoms with E-state index >= 15 is 0 Å². The summed E-state index contributed by atoms with van der Waals surface area (Å²) in [4.78, 5) is 42.7. The number of hydrogen-bond donors (Lipinski definition) is 1. The molecule has 8 heteroatoms. The minimum absolute atomic E-state index is 0.0702. The number of hydrogen-bond acceptors (Lipinski definition) is 4. The second-order valence-corrected chi connectivity index (χ2v) is 7.68. The van der Waals surface area contributed by atoms with Crippen LogP contribution in [0.5, 0.6) is 0 Å². The third-order valence-electron chi connectivity index (χ3n) is 4.57. The number of likely N-dealkylation sites (N-methyl/N-ethyl adjacent to an activating group) is 1. The first-order valence-electron chi connectivity index (χ1n) is 9.09. The van der Waals surface area contributed by atoms with Gasteiger partial charge in [-0.1, -0.05) is 28.1 Å². The van der Waals surface area contributed by atoms with Crippen molar-refractivity contribution in [1.29, 1.82) is 0 Å². The molecule has 0 aliphatic carbocycles. The van der Waals surface area contributed by atoms with Gasteiger partial charge in [0, 0.05) is 30.2 Å². The highest BCUT2D eigenvalue weighted by Crippen LogP contribution is 2.19. The van der Waals surface area contributed by atoms with Crippen LogP contribution >= 0.6 is 15.9 Å². The highest BCUT2D eigenvalue weighted by atomic mass is 79.9. The summed E-state index contributed by atoms with van der Waals surface area (Å²) in [7, 11) is 1.57. The van der Waals surface area contributed by atoms with Gasteiger partial charge < -0.3 is 10.2 Å². The molecule has 1 aromatic heterocycles. The van der Waals surface area contributed by atoms with Crippen LogP contribution in [0.1, 0.15) is 12.0 Å². The Morgan fingerprint density at radius 1 is 1.21 bits per heavy atom. The van der Waals surface area contributed by atoms with Crippen molar-refractivity contribution in [2.45, 2.75) is 19.9 Å². The largest absolute Gasteiger partial charge is 0.336 e. The number of fused-ring (bicyclic) bond motifs is 1. The zero-order valence-electron chi connectivity index (χ0n) is 16.2. The molecule has 0 saturated carbocycles. The molecule has 0 aliphatic rings. The van der Waals surface area contributed by atoms with E-state index in [1.54, 1.807) is 31.3 Å². The lowest BCUT2D eigenvalue weighted by Crippen LogP contribution is -2.36. The van der Waals surface area contributed by atoms with E-state index < -0.39 is 0 Å². The van der Waals surface area contributed by atoms with E-state index in [1.807, 2.05) is 25.1 Å². The lowest BCUT2D eigenvalue weighted by Gasteiger charge is -2.18. The van der Waals surface area contributed by atoms with Crippen LogP contribution in [0, 0.1) is 6.92 Å². The Hall–Kier alpha value is -3.00. The van der Waals surface area contributed by atoms with Gasteiger partial charge in [-0.2, -0.15) is 0 Å². The Kier molecular flexibility index (Phi) is 6.43.